The van der Waals surface area contributed by atoms with Crippen molar-refractivity contribution in [3.05, 3.63) is 72.7 Å². The molecule has 2 fully saturated rings. The molecule has 2 aliphatic heterocycles. The maximum absolute atomic E-state index is 6.47. The van der Waals surface area contributed by atoms with Crippen LogP contribution in [0.3, 0.4) is 0 Å². The van der Waals surface area contributed by atoms with Crippen molar-refractivity contribution in [3.63, 3.8) is 0 Å². The summed E-state index contributed by atoms with van der Waals surface area (Å²) in [5, 5.41) is 2.76. The molecule has 2 unspecified atom stereocenters. The van der Waals surface area contributed by atoms with Crippen molar-refractivity contribution in [2.24, 2.45) is 0 Å². The van der Waals surface area contributed by atoms with Crippen LogP contribution in [0.4, 0.5) is 0 Å². The lowest BCUT2D eigenvalue weighted by Crippen LogP contribution is -2.00. The van der Waals surface area contributed by atoms with E-state index in [2.05, 4.69) is 12.2 Å². The highest BCUT2D eigenvalue weighted by Crippen LogP contribution is 2.31. The summed E-state index contributed by atoms with van der Waals surface area (Å²) in [7, 11) is 0. The van der Waals surface area contributed by atoms with Crippen LogP contribution >= 0.6 is 46.4 Å². The zero-order valence-corrected chi connectivity index (χ0v) is 18.9. The van der Waals surface area contributed by atoms with Crippen LogP contribution in [0.15, 0.2) is 30.3 Å². The Kier molecular flexibility index (Phi) is 7.11. The van der Waals surface area contributed by atoms with E-state index in [0.29, 0.717) is 21.2 Å². The van der Waals surface area contributed by atoms with Crippen molar-refractivity contribution >= 4 is 52.5 Å². The van der Waals surface area contributed by atoms with Crippen LogP contribution in [0.2, 0.25) is 20.1 Å². The van der Waals surface area contributed by atoms with Gasteiger partial charge in [0.15, 0.2) is 0 Å². The molecule has 0 radical (unpaired) electrons. The van der Waals surface area contributed by atoms with Crippen molar-refractivity contribution in [1.29, 1.82) is 0 Å². The molecule has 0 bridgehead atoms. The molecule has 2 atom stereocenters. The Morgan fingerprint density at radius 1 is 0.828 bits per heavy atom. The van der Waals surface area contributed by atoms with E-state index in [9.17, 15) is 0 Å². The number of epoxide rings is 2. The van der Waals surface area contributed by atoms with Crippen LogP contribution in [-0.2, 0) is 28.7 Å². The lowest BCUT2D eigenvalue weighted by molar-refractivity contribution is 0.407. The summed E-state index contributed by atoms with van der Waals surface area (Å²) in [6, 6.07) is 7.61. The minimum Gasteiger partial charge on any atom is -0.373 e. The highest BCUT2D eigenvalue weighted by molar-refractivity contribution is 6.36. The second-order valence-corrected chi connectivity index (χ2v) is 9.29. The number of unbranched alkanes of at least 4 members (excludes halogenated alkanes) is 1. The molecule has 2 saturated heterocycles. The van der Waals surface area contributed by atoms with Crippen molar-refractivity contribution in [2.45, 2.75) is 44.3 Å². The minimum absolute atomic E-state index is 0.289. The fourth-order valence-corrected chi connectivity index (χ4v) is 4.80. The number of rotatable bonds is 9. The Labute approximate surface area is 191 Å². The second-order valence-electron chi connectivity index (χ2n) is 7.60. The third-order valence-electron chi connectivity index (χ3n) is 5.21. The van der Waals surface area contributed by atoms with Gasteiger partial charge in [-0.15, -0.1) is 0 Å². The van der Waals surface area contributed by atoms with Gasteiger partial charge in [-0.05, 0) is 65.8 Å². The summed E-state index contributed by atoms with van der Waals surface area (Å²) in [5.41, 5.74) is 4.54. The Balaban J connectivity index is 1.39. The molecule has 29 heavy (non-hydrogen) atoms. The Morgan fingerprint density at radius 2 is 1.41 bits per heavy atom. The van der Waals surface area contributed by atoms with E-state index in [1.165, 1.54) is 11.1 Å². The van der Waals surface area contributed by atoms with Gasteiger partial charge in [0.1, 0.15) is 0 Å². The number of hydrogen-bond donors (Lipinski definition) is 0. The molecule has 0 saturated carbocycles. The van der Waals surface area contributed by atoms with Gasteiger partial charge in [0, 0.05) is 32.9 Å². The van der Waals surface area contributed by atoms with E-state index < -0.39 is 0 Å². The topological polar surface area (TPSA) is 25.1 Å². The first-order valence-corrected chi connectivity index (χ1v) is 11.3. The highest BCUT2D eigenvalue weighted by Gasteiger charge is 2.25. The number of hydrogen-bond acceptors (Lipinski definition) is 2. The van der Waals surface area contributed by atoms with Crippen LogP contribution in [-0.4, -0.2) is 25.4 Å². The summed E-state index contributed by atoms with van der Waals surface area (Å²) in [5.74, 6) is 0. The van der Waals surface area contributed by atoms with Crippen LogP contribution in [0.5, 0.6) is 0 Å². The quantitative estimate of drug-likeness (QED) is 0.285. The maximum atomic E-state index is 6.47. The minimum atomic E-state index is 0.289. The molecule has 2 aromatic carbocycles. The predicted octanol–water partition coefficient (Wildman–Crippen LogP) is 7.22. The highest BCUT2D eigenvalue weighted by atomic mass is 35.5. The Morgan fingerprint density at radius 3 is 2.07 bits per heavy atom. The third-order valence-corrected chi connectivity index (χ3v) is 6.30. The van der Waals surface area contributed by atoms with E-state index in [4.69, 9.17) is 55.9 Å². The van der Waals surface area contributed by atoms with Gasteiger partial charge in [-0.1, -0.05) is 58.6 Å². The van der Waals surface area contributed by atoms with Gasteiger partial charge >= 0.3 is 0 Å². The first-order valence-electron chi connectivity index (χ1n) is 9.84. The Bertz CT molecular complexity index is 918. The molecule has 2 heterocycles. The van der Waals surface area contributed by atoms with Gasteiger partial charge in [0.05, 0.1) is 25.4 Å². The standard InChI is InChI=1S/C23H22Cl4O2/c24-16-6-14(8-18-12-28-18)20(22(26)10-16)4-2-1-3-5-21-15(9-19-13-29-19)7-17(25)11-23(21)27/h2,4,6-7,10-11,18-19H,1,3,5,8-9,12-13H2. The van der Waals surface area contributed by atoms with Crippen molar-refractivity contribution in [1.82, 2.24) is 0 Å². The summed E-state index contributed by atoms with van der Waals surface area (Å²) < 4.78 is 10.7. The molecule has 4 rings (SSSR count). The molecule has 0 aromatic heterocycles. The van der Waals surface area contributed by atoms with E-state index in [1.807, 2.05) is 18.2 Å². The predicted molar refractivity (Wildman–Crippen MR) is 122 cm³/mol. The molecule has 2 aromatic rings. The Hall–Kier alpha value is -0.740. The van der Waals surface area contributed by atoms with Crippen LogP contribution < -0.4 is 0 Å². The smallest absolute Gasteiger partial charge is 0.0850 e. The molecule has 0 spiro atoms. The van der Waals surface area contributed by atoms with Gasteiger partial charge in [-0.2, -0.15) is 0 Å². The number of ether oxygens (including phenoxy) is 2. The summed E-state index contributed by atoms with van der Waals surface area (Å²) >= 11 is 25.3. The normalized spacial score (nSPS) is 20.4. The lowest BCUT2D eigenvalue weighted by Gasteiger charge is -2.11. The van der Waals surface area contributed by atoms with Crippen molar-refractivity contribution in [3.8, 4) is 0 Å². The van der Waals surface area contributed by atoms with E-state index in [1.54, 1.807) is 6.07 Å². The zero-order valence-electron chi connectivity index (χ0n) is 15.9. The molecule has 6 heteroatoms. The van der Waals surface area contributed by atoms with Crippen LogP contribution in [0.1, 0.15) is 35.1 Å². The molecule has 0 N–H and O–H groups in total. The van der Waals surface area contributed by atoms with Gasteiger partial charge in [-0.25, -0.2) is 0 Å². The first-order chi connectivity index (χ1) is 14.0. The second kappa shape index (κ2) is 9.60. The average Bonchev–Trinajstić information content (AvgIpc) is 3.55. The van der Waals surface area contributed by atoms with Crippen molar-refractivity contribution < 1.29 is 9.47 Å². The van der Waals surface area contributed by atoms with Crippen LogP contribution in [0, 0.1) is 0 Å². The molecule has 154 valence electrons. The average molecular weight is 472 g/mol. The van der Waals surface area contributed by atoms with E-state index >= 15 is 0 Å². The molecule has 2 nitrogen and oxygen atoms in total. The van der Waals surface area contributed by atoms with Crippen LogP contribution in [0.25, 0.3) is 6.08 Å². The van der Waals surface area contributed by atoms with E-state index in [-0.39, 0.29) is 6.10 Å². The summed E-state index contributed by atoms with van der Waals surface area (Å²) in [4.78, 5) is 0. The van der Waals surface area contributed by atoms with Gasteiger partial charge < -0.3 is 9.47 Å². The van der Waals surface area contributed by atoms with Crippen molar-refractivity contribution in [2.75, 3.05) is 13.2 Å². The van der Waals surface area contributed by atoms with Gasteiger partial charge in [-0.3, -0.25) is 0 Å². The fraction of sp³-hybridized carbons (Fsp3) is 0.391. The monoisotopic (exact) mass is 470 g/mol. The zero-order chi connectivity index (χ0) is 20.4. The molecular formula is C23H22Cl4O2. The number of benzene rings is 2. The third kappa shape index (κ3) is 6.13. The van der Waals surface area contributed by atoms with Gasteiger partial charge in [0.2, 0.25) is 0 Å². The SMILES string of the molecule is Clc1cc(Cl)c(C=CCCCc2c(Cl)cc(Cl)cc2CC2CO2)c(CC2CO2)c1. The fourth-order valence-electron chi connectivity index (χ4n) is 3.57. The molecule has 0 amide bonds. The maximum Gasteiger partial charge on any atom is 0.0850 e. The largest absolute Gasteiger partial charge is 0.373 e. The molecule has 2 aliphatic rings. The molecular weight excluding hydrogens is 450 g/mol. The number of allylic oxidation sites excluding steroid dienone is 1. The summed E-state index contributed by atoms with van der Waals surface area (Å²) in [6.07, 6.45) is 9.39. The number of halogens is 4. The lowest BCUT2D eigenvalue weighted by atomic mass is 9.98. The van der Waals surface area contributed by atoms with E-state index in [0.717, 1.165) is 61.5 Å². The van der Waals surface area contributed by atoms with Gasteiger partial charge in [0.25, 0.3) is 0 Å². The first kappa shape index (κ1) is 21.5. The molecule has 0 aliphatic carbocycles. The summed E-state index contributed by atoms with van der Waals surface area (Å²) in [6.45, 7) is 1.63.